The van der Waals surface area contributed by atoms with E-state index in [2.05, 4.69) is 11.0 Å². The predicted molar refractivity (Wildman–Crippen MR) is 83.7 cm³/mol. The summed E-state index contributed by atoms with van der Waals surface area (Å²) in [6.07, 6.45) is 5.85. The van der Waals surface area contributed by atoms with Crippen LogP contribution in [0.3, 0.4) is 0 Å². The molecule has 0 aromatic heterocycles. The second-order valence-corrected chi connectivity index (χ2v) is 6.26. The number of piperidine rings is 1. The summed E-state index contributed by atoms with van der Waals surface area (Å²) in [5, 5.41) is 0. The van der Waals surface area contributed by atoms with Gasteiger partial charge in [0.2, 0.25) is 0 Å². The molecule has 1 fully saturated rings. The van der Waals surface area contributed by atoms with E-state index in [0.29, 0.717) is 18.4 Å². The summed E-state index contributed by atoms with van der Waals surface area (Å²) in [6, 6.07) is 7.22. The number of hydrogen-bond donors (Lipinski definition) is 0. The lowest BCUT2D eigenvalue weighted by Gasteiger charge is -2.42. The molecule has 0 spiro atoms. The van der Waals surface area contributed by atoms with Crippen molar-refractivity contribution in [2.45, 2.75) is 31.7 Å². The van der Waals surface area contributed by atoms with Gasteiger partial charge in [0, 0.05) is 19.0 Å². The van der Waals surface area contributed by atoms with Crippen LogP contribution in [0, 0.1) is 11.7 Å². The number of ether oxygens (including phenoxy) is 1. The van der Waals surface area contributed by atoms with Gasteiger partial charge in [-0.1, -0.05) is 18.2 Å². The van der Waals surface area contributed by atoms with Gasteiger partial charge in [0.05, 0.1) is 7.11 Å². The van der Waals surface area contributed by atoms with Crippen LogP contribution in [0.1, 0.15) is 31.2 Å². The van der Waals surface area contributed by atoms with Gasteiger partial charge in [0.1, 0.15) is 5.82 Å². The smallest absolute Gasteiger partial charge is 0.305 e. The zero-order chi connectivity index (χ0) is 15.5. The van der Waals surface area contributed by atoms with E-state index in [1.807, 2.05) is 12.1 Å². The van der Waals surface area contributed by atoms with Crippen LogP contribution in [0.4, 0.5) is 4.39 Å². The summed E-state index contributed by atoms with van der Waals surface area (Å²) in [5.41, 5.74) is 2.40. The van der Waals surface area contributed by atoms with Crippen LogP contribution >= 0.6 is 0 Å². The topological polar surface area (TPSA) is 29.5 Å². The molecule has 1 saturated heterocycles. The molecule has 0 saturated carbocycles. The third kappa shape index (κ3) is 3.38. The van der Waals surface area contributed by atoms with Crippen LogP contribution in [-0.4, -0.2) is 37.1 Å². The molecule has 1 aromatic carbocycles. The average molecular weight is 303 g/mol. The molecule has 0 N–H and O–H groups in total. The summed E-state index contributed by atoms with van der Waals surface area (Å²) in [4.78, 5) is 14.0. The number of benzene rings is 1. The quantitative estimate of drug-likeness (QED) is 0.803. The standard InChI is InChI=1S/C18H22FNO2/c1-22-18(21)11-13-6-8-20-9-7-15(12-17(20)10-13)14-2-4-16(19)5-3-14/h2-5,7,13,17H,6,8-12H2,1H3. The molecule has 0 radical (unpaired) electrons. The zero-order valence-corrected chi connectivity index (χ0v) is 12.9. The van der Waals surface area contributed by atoms with Gasteiger partial charge in [-0.15, -0.1) is 0 Å². The Morgan fingerprint density at radius 1 is 1.36 bits per heavy atom. The first-order valence-corrected chi connectivity index (χ1v) is 7.91. The molecule has 4 heteroatoms. The van der Waals surface area contributed by atoms with Crippen molar-refractivity contribution in [1.82, 2.24) is 4.90 Å². The van der Waals surface area contributed by atoms with Crippen molar-refractivity contribution in [3.63, 3.8) is 0 Å². The lowest BCUT2D eigenvalue weighted by molar-refractivity contribution is -0.142. The van der Waals surface area contributed by atoms with Gasteiger partial charge in [-0.25, -0.2) is 4.39 Å². The fraction of sp³-hybridized carbons (Fsp3) is 0.500. The maximum Gasteiger partial charge on any atom is 0.305 e. The number of carbonyl (C=O) groups is 1. The Labute approximate surface area is 130 Å². The largest absolute Gasteiger partial charge is 0.469 e. The van der Waals surface area contributed by atoms with Gasteiger partial charge in [-0.2, -0.15) is 0 Å². The van der Waals surface area contributed by atoms with Crippen LogP contribution in [0.5, 0.6) is 0 Å². The molecular formula is C18H22FNO2. The van der Waals surface area contributed by atoms with E-state index in [1.165, 1.54) is 24.8 Å². The number of halogens is 1. The average Bonchev–Trinajstić information content (AvgIpc) is 2.54. The molecule has 2 aliphatic rings. The molecule has 2 heterocycles. The van der Waals surface area contributed by atoms with E-state index in [-0.39, 0.29) is 11.8 Å². The first kappa shape index (κ1) is 15.2. The monoisotopic (exact) mass is 303 g/mol. The Kier molecular flexibility index (Phi) is 4.57. The lowest BCUT2D eigenvalue weighted by Crippen LogP contribution is -2.45. The molecule has 22 heavy (non-hydrogen) atoms. The Bertz CT molecular complexity index is 567. The lowest BCUT2D eigenvalue weighted by atomic mass is 9.82. The Balaban J connectivity index is 1.66. The van der Waals surface area contributed by atoms with Gasteiger partial charge in [0.15, 0.2) is 0 Å². The number of carbonyl (C=O) groups excluding carboxylic acids is 1. The number of rotatable bonds is 3. The number of fused-ring (bicyclic) bond motifs is 1. The van der Waals surface area contributed by atoms with E-state index in [0.717, 1.165) is 37.9 Å². The minimum atomic E-state index is -0.197. The molecule has 3 rings (SSSR count). The maximum atomic E-state index is 13.1. The Morgan fingerprint density at radius 2 is 2.14 bits per heavy atom. The minimum Gasteiger partial charge on any atom is -0.469 e. The number of nitrogens with zero attached hydrogens (tertiary/aromatic N) is 1. The van der Waals surface area contributed by atoms with E-state index >= 15 is 0 Å². The predicted octanol–water partition coefficient (Wildman–Crippen LogP) is 3.26. The normalized spacial score (nSPS) is 25.3. The van der Waals surface area contributed by atoms with Gasteiger partial charge < -0.3 is 4.74 Å². The molecule has 0 aliphatic carbocycles. The van der Waals surface area contributed by atoms with Crippen LogP contribution in [0.15, 0.2) is 30.3 Å². The third-order valence-electron chi connectivity index (χ3n) is 4.87. The van der Waals surface area contributed by atoms with E-state index in [1.54, 1.807) is 0 Å². The summed E-state index contributed by atoms with van der Waals surface area (Å²) in [7, 11) is 1.45. The molecule has 0 bridgehead atoms. The third-order valence-corrected chi connectivity index (χ3v) is 4.87. The molecule has 118 valence electrons. The van der Waals surface area contributed by atoms with Crippen molar-refractivity contribution in [3.8, 4) is 0 Å². The van der Waals surface area contributed by atoms with Crippen molar-refractivity contribution < 1.29 is 13.9 Å². The molecular weight excluding hydrogens is 281 g/mol. The first-order valence-electron chi connectivity index (χ1n) is 7.91. The van der Waals surface area contributed by atoms with Crippen molar-refractivity contribution in [2.24, 2.45) is 5.92 Å². The maximum absolute atomic E-state index is 13.1. The van der Waals surface area contributed by atoms with Gasteiger partial charge in [-0.3, -0.25) is 9.69 Å². The summed E-state index contributed by atoms with van der Waals surface area (Å²) >= 11 is 0. The van der Waals surface area contributed by atoms with Gasteiger partial charge in [-0.05, 0) is 55.0 Å². The van der Waals surface area contributed by atoms with Crippen LogP contribution < -0.4 is 0 Å². The second-order valence-electron chi connectivity index (χ2n) is 6.26. The molecule has 3 nitrogen and oxygen atoms in total. The van der Waals surface area contributed by atoms with Crippen LogP contribution in [0.2, 0.25) is 0 Å². The highest BCUT2D eigenvalue weighted by Crippen LogP contribution is 2.34. The minimum absolute atomic E-state index is 0.108. The van der Waals surface area contributed by atoms with E-state index in [9.17, 15) is 9.18 Å². The number of esters is 1. The fourth-order valence-electron chi connectivity index (χ4n) is 3.60. The fourth-order valence-corrected chi connectivity index (χ4v) is 3.60. The highest BCUT2D eigenvalue weighted by atomic mass is 19.1. The molecule has 2 aliphatic heterocycles. The van der Waals surface area contributed by atoms with Crippen LogP contribution in [0.25, 0.3) is 5.57 Å². The van der Waals surface area contributed by atoms with Crippen molar-refractivity contribution in [2.75, 3.05) is 20.2 Å². The number of methoxy groups -OCH3 is 1. The van der Waals surface area contributed by atoms with Crippen LogP contribution in [-0.2, 0) is 9.53 Å². The van der Waals surface area contributed by atoms with Crippen molar-refractivity contribution >= 4 is 11.5 Å². The van der Waals surface area contributed by atoms with Gasteiger partial charge in [0.25, 0.3) is 0 Å². The van der Waals surface area contributed by atoms with E-state index < -0.39 is 0 Å². The molecule has 2 atom stereocenters. The SMILES string of the molecule is COC(=O)CC1CCN2CC=C(c3ccc(F)cc3)CC2C1. The Hall–Kier alpha value is -1.68. The molecule has 0 amide bonds. The van der Waals surface area contributed by atoms with Gasteiger partial charge >= 0.3 is 5.97 Å². The van der Waals surface area contributed by atoms with Crippen molar-refractivity contribution in [1.29, 1.82) is 0 Å². The number of hydrogen-bond acceptors (Lipinski definition) is 3. The molecule has 1 aromatic rings. The summed E-state index contributed by atoms with van der Waals surface area (Å²) in [6.45, 7) is 1.99. The zero-order valence-electron chi connectivity index (χ0n) is 12.9. The Morgan fingerprint density at radius 3 is 2.86 bits per heavy atom. The summed E-state index contributed by atoms with van der Waals surface area (Å²) in [5.74, 6) is 0.113. The first-order chi connectivity index (χ1) is 10.7. The summed E-state index contributed by atoms with van der Waals surface area (Å²) < 4.78 is 17.8. The highest BCUT2D eigenvalue weighted by Gasteiger charge is 2.32. The highest BCUT2D eigenvalue weighted by molar-refractivity contribution is 5.69. The van der Waals surface area contributed by atoms with Crippen molar-refractivity contribution in [3.05, 3.63) is 41.7 Å². The second kappa shape index (κ2) is 6.61. The van der Waals surface area contributed by atoms with E-state index in [4.69, 9.17) is 4.74 Å². The molecule has 2 unspecified atom stereocenters.